The Morgan fingerprint density at radius 3 is 1.15 bits per heavy atom. The Hall–Kier alpha value is -6.45. The SMILES string of the molecule is Cc1ccc(-c2nc3c(nc2-c2ccc(F)cc2)C(=C(C#N)C#N)c2nc(-c4ccc(F)cc4)c(-c4ccc(F)cc4)nc2C3)cc1. The maximum atomic E-state index is 14.0. The Morgan fingerprint density at radius 1 is 0.489 bits per heavy atom. The largest absolute Gasteiger partial charge is 0.248 e. The summed E-state index contributed by atoms with van der Waals surface area (Å²) >= 11 is 0. The van der Waals surface area contributed by atoms with Gasteiger partial charge in [-0.3, -0.25) is 0 Å². The predicted octanol–water partition coefficient (Wildman–Crippen LogP) is 8.41. The third kappa shape index (κ3) is 5.41. The van der Waals surface area contributed by atoms with Crippen LogP contribution < -0.4 is 0 Å². The van der Waals surface area contributed by atoms with Gasteiger partial charge in [0.05, 0.1) is 51.1 Å². The number of hydrogen-bond donors (Lipinski definition) is 0. The molecule has 0 N–H and O–H groups in total. The summed E-state index contributed by atoms with van der Waals surface area (Å²) in [6.45, 7) is 1.97. The summed E-state index contributed by atoms with van der Waals surface area (Å²) in [5, 5.41) is 20.3. The average Bonchev–Trinajstić information content (AvgIpc) is 3.09. The first-order valence-corrected chi connectivity index (χ1v) is 14.5. The van der Waals surface area contributed by atoms with E-state index in [9.17, 15) is 23.7 Å². The monoisotopic (exact) mass is 618 g/mol. The molecule has 9 heteroatoms. The van der Waals surface area contributed by atoms with E-state index in [4.69, 9.17) is 19.9 Å². The van der Waals surface area contributed by atoms with Gasteiger partial charge < -0.3 is 0 Å². The predicted molar refractivity (Wildman–Crippen MR) is 170 cm³/mol. The maximum absolute atomic E-state index is 14.0. The standard InChI is InChI=1S/C38H21F3N6/c1-21-2-4-22(5-3-21)33-35(24-8-14-28(40)15-9-24)46-37-30(44-33)18-31-38(32(37)26(19-42)20-43)47-36(25-10-16-29(41)17-11-25)34(45-31)23-6-12-27(39)13-7-23/h2-17H,18H2,1H3. The van der Waals surface area contributed by atoms with Gasteiger partial charge in [-0.25, -0.2) is 33.1 Å². The zero-order valence-electron chi connectivity index (χ0n) is 24.8. The minimum Gasteiger partial charge on any atom is -0.248 e. The van der Waals surface area contributed by atoms with Crippen molar-refractivity contribution < 1.29 is 13.2 Å². The number of hydrogen-bond acceptors (Lipinski definition) is 6. The lowest BCUT2D eigenvalue weighted by molar-refractivity contribution is 0.627. The van der Waals surface area contributed by atoms with Crippen molar-refractivity contribution in [1.82, 2.24) is 19.9 Å². The molecule has 7 rings (SSSR count). The molecule has 0 bridgehead atoms. The molecule has 0 aliphatic heterocycles. The topological polar surface area (TPSA) is 99.1 Å². The van der Waals surface area contributed by atoms with E-state index in [-0.39, 0.29) is 29.0 Å². The molecule has 2 heterocycles. The number of fused-ring (bicyclic) bond motifs is 2. The highest BCUT2D eigenvalue weighted by atomic mass is 19.1. The van der Waals surface area contributed by atoms with Crippen LogP contribution in [0.25, 0.3) is 50.6 Å². The number of aryl methyl sites for hydroxylation is 1. The molecule has 6 nitrogen and oxygen atoms in total. The summed E-state index contributed by atoms with van der Waals surface area (Å²) < 4.78 is 41.8. The highest BCUT2D eigenvalue weighted by Crippen LogP contribution is 2.41. The van der Waals surface area contributed by atoms with Crippen molar-refractivity contribution in [1.29, 1.82) is 10.5 Å². The Balaban J connectivity index is 1.53. The molecule has 1 aliphatic carbocycles. The molecule has 0 saturated heterocycles. The second-order valence-electron chi connectivity index (χ2n) is 11.0. The molecule has 0 fully saturated rings. The molecule has 0 saturated carbocycles. The Morgan fingerprint density at radius 2 is 0.809 bits per heavy atom. The van der Waals surface area contributed by atoms with Crippen molar-refractivity contribution in [3.63, 3.8) is 0 Å². The van der Waals surface area contributed by atoms with Crippen LogP contribution in [-0.4, -0.2) is 19.9 Å². The summed E-state index contributed by atoms with van der Waals surface area (Å²) in [5.41, 5.74) is 6.53. The van der Waals surface area contributed by atoms with Gasteiger partial charge in [0.1, 0.15) is 35.2 Å². The van der Waals surface area contributed by atoms with E-state index in [0.29, 0.717) is 50.9 Å². The highest BCUT2D eigenvalue weighted by molar-refractivity contribution is 5.91. The molecular formula is C38H21F3N6. The van der Waals surface area contributed by atoms with Crippen LogP contribution in [0, 0.1) is 47.0 Å². The minimum atomic E-state index is -0.443. The third-order valence-electron chi connectivity index (χ3n) is 7.90. The molecule has 0 atom stereocenters. The number of rotatable bonds is 4. The van der Waals surface area contributed by atoms with Crippen LogP contribution in [0.2, 0.25) is 0 Å². The fourth-order valence-corrected chi connectivity index (χ4v) is 5.57. The van der Waals surface area contributed by atoms with E-state index in [2.05, 4.69) is 0 Å². The summed E-state index contributed by atoms with van der Waals surface area (Å²) in [6, 6.07) is 29.0. The zero-order chi connectivity index (χ0) is 32.7. The van der Waals surface area contributed by atoms with Crippen LogP contribution in [0.15, 0.2) is 103 Å². The van der Waals surface area contributed by atoms with E-state index in [1.807, 2.05) is 43.3 Å². The van der Waals surface area contributed by atoms with Crippen LogP contribution in [-0.2, 0) is 6.42 Å². The number of nitriles is 2. The van der Waals surface area contributed by atoms with E-state index in [1.165, 1.54) is 36.4 Å². The lowest BCUT2D eigenvalue weighted by Crippen LogP contribution is -2.18. The Labute approximate surface area is 267 Å². The van der Waals surface area contributed by atoms with Gasteiger partial charge in [-0.05, 0) is 79.7 Å². The minimum absolute atomic E-state index is 0.152. The highest BCUT2D eigenvalue weighted by Gasteiger charge is 2.32. The molecule has 6 aromatic rings. The van der Waals surface area contributed by atoms with Gasteiger partial charge in [0.15, 0.2) is 0 Å². The van der Waals surface area contributed by atoms with Crippen molar-refractivity contribution in [3.05, 3.63) is 148 Å². The molecule has 0 amide bonds. The summed E-state index contributed by atoms with van der Waals surface area (Å²) in [4.78, 5) is 20.0. The van der Waals surface area contributed by atoms with E-state index < -0.39 is 17.5 Å². The second kappa shape index (κ2) is 11.8. The van der Waals surface area contributed by atoms with Crippen molar-refractivity contribution in [2.24, 2.45) is 0 Å². The molecule has 224 valence electrons. The number of aromatic nitrogens is 4. The Bertz CT molecular complexity index is 2140. The third-order valence-corrected chi connectivity index (χ3v) is 7.90. The molecular weight excluding hydrogens is 597 g/mol. The second-order valence-corrected chi connectivity index (χ2v) is 11.0. The maximum Gasteiger partial charge on any atom is 0.141 e. The number of benzene rings is 4. The van der Waals surface area contributed by atoms with Gasteiger partial charge in [0, 0.05) is 28.7 Å². The number of halogens is 3. The average molecular weight is 619 g/mol. The molecule has 0 spiro atoms. The first-order chi connectivity index (χ1) is 22.8. The van der Waals surface area contributed by atoms with Gasteiger partial charge in [0.2, 0.25) is 0 Å². The summed E-state index contributed by atoms with van der Waals surface area (Å²) in [6.07, 6.45) is 0.152. The zero-order valence-corrected chi connectivity index (χ0v) is 24.8. The van der Waals surface area contributed by atoms with Gasteiger partial charge in [-0.2, -0.15) is 10.5 Å². The van der Waals surface area contributed by atoms with E-state index in [0.717, 1.165) is 11.1 Å². The lowest BCUT2D eigenvalue weighted by atomic mass is 9.89. The smallest absolute Gasteiger partial charge is 0.141 e. The quantitative estimate of drug-likeness (QED) is 0.184. The summed E-state index contributed by atoms with van der Waals surface area (Å²) in [7, 11) is 0. The van der Waals surface area contributed by atoms with Gasteiger partial charge in [-0.15, -0.1) is 0 Å². The van der Waals surface area contributed by atoms with Crippen LogP contribution in [0.5, 0.6) is 0 Å². The fraction of sp³-hybridized carbons (Fsp3) is 0.0526. The van der Waals surface area contributed by atoms with Crippen LogP contribution in [0.1, 0.15) is 28.3 Å². The normalized spacial score (nSPS) is 11.7. The Kier molecular flexibility index (Phi) is 7.35. The van der Waals surface area contributed by atoms with Crippen molar-refractivity contribution in [2.75, 3.05) is 0 Å². The van der Waals surface area contributed by atoms with E-state index >= 15 is 0 Å². The lowest BCUT2D eigenvalue weighted by Gasteiger charge is -2.24. The van der Waals surface area contributed by atoms with Crippen molar-refractivity contribution >= 4 is 5.57 Å². The van der Waals surface area contributed by atoms with Gasteiger partial charge >= 0.3 is 0 Å². The van der Waals surface area contributed by atoms with Crippen LogP contribution in [0.4, 0.5) is 13.2 Å². The number of nitrogens with zero attached hydrogens (tertiary/aromatic N) is 6. The van der Waals surface area contributed by atoms with Crippen molar-refractivity contribution in [3.8, 4) is 57.2 Å². The molecule has 0 unspecified atom stereocenters. The molecule has 4 aromatic carbocycles. The van der Waals surface area contributed by atoms with E-state index in [1.54, 1.807) is 36.4 Å². The summed E-state index contributed by atoms with van der Waals surface area (Å²) in [5.74, 6) is -1.28. The van der Waals surface area contributed by atoms with Crippen molar-refractivity contribution in [2.45, 2.75) is 13.3 Å². The van der Waals surface area contributed by atoms with Crippen LogP contribution in [0.3, 0.4) is 0 Å². The molecule has 0 radical (unpaired) electrons. The first kappa shape index (κ1) is 29.3. The number of allylic oxidation sites excluding steroid dienone is 1. The van der Waals surface area contributed by atoms with Gasteiger partial charge in [0.25, 0.3) is 0 Å². The molecule has 47 heavy (non-hydrogen) atoms. The fourth-order valence-electron chi connectivity index (χ4n) is 5.57. The molecule has 1 aliphatic rings. The first-order valence-electron chi connectivity index (χ1n) is 14.5. The van der Waals surface area contributed by atoms with Gasteiger partial charge in [-0.1, -0.05) is 29.8 Å². The molecule has 2 aromatic heterocycles. The van der Waals surface area contributed by atoms with Crippen LogP contribution >= 0.6 is 0 Å².